The molecule has 0 aliphatic heterocycles. The molecule has 7 nitrogen and oxygen atoms in total. The van der Waals surface area contributed by atoms with Crippen LogP contribution in [0.3, 0.4) is 0 Å². The van der Waals surface area contributed by atoms with Gasteiger partial charge in [-0.3, -0.25) is 9.63 Å². The number of hydrogen-bond donors (Lipinski definition) is 0. The summed E-state index contributed by atoms with van der Waals surface area (Å²) in [5.74, 6) is -0.818. The fourth-order valence-electron chi connectivity index (χ4n) is 1.38. The van der Waals surface area contributed by atoms with E-state index in [0.29, 0.717) is 0 Å². The lowest BCUT2D eigenvalue weighted by Crippen LogP contribution is -2.39. The van der Waals surface area contributed by atoms with E-state index in [1.54, 1.807) is 26.0 Å². The van der Waals surface area contributed by atoms with Crippen LogP contribution in [0.25, 0.3) is 0 Å². The van der Waals surface area contributed by atoms with E-state index in [0.717, 1.165) is 5.56 Å². The molecule has 0 heterocycles. The molecule has 0 saturated heterocycles. The van der Waals surface area contributed by atoms with Crippen molar-refractivity contribution < 1.29 is 28.7 Å². The fraction of sp³-hybridized carbons (Fsp3) is 0.357. The molecule has 0 N–H and O–H groups in total. The van der Waals surface area contributed by atoms with Crippen molar-refractivity contribution in [3.8, 4) is 0 Å². The van der Waals surface area contributed by atoms with Crippen LogP contribution in [0, 0.1) is 6.92 Å². The van der Waals surface area contributed by atoms with Gasteiger partial charge in [0, 0.05) is 5.56 Å². The van der Waals surface area contributed by atoms with E-state index in [2.05, 4.69) is 14.3 Å². The summed E-state index contributed by atoms with van der Waals surface area (Å²) in [6.45, 7) is 5.07. The van der Waals surface area contributed by atoms with Crippen molar-refractivity contribution in [2.24, 2.45) is 0 Å². The van der Waals surface area contributed by atoms with Gasteiger partial charge in [0.1, 0.15) is 0 Å². The van der Waals surface area contributed by atoms with Gasteiger partial charge in [-0.05, 0) is 32.9 Å². The number of carbonyl (C=O) groups excluding carboxylic acids is 3. The Labute approximate surface area is 122 Å². The molecule has 0 aliphatic rings. The molecule has 114 valence electrons. The molecule has 0 fully saturated rings. The van der Waals surface area contributed by atoms with Gasteiger partial charge in [0.2, 0.25) is 0 Å². The van der Waals surface area contributed by atoms with Gasteiger partial charge in [0.15, 0.2) is 0 Å². The van der Waals surface area contributed by atoms with E-state index in [1.807, 2.05) is 6.92 Å². The van der Waals surface area contributed by atoms with Crippen molar-refractivity contribution in [2.75, 3.05) is 13.2 Å². The molecule has 1 aromatic rings. The zero-order valence-electron chi connectivity index (χ0n) is 12.1. The standard InChI is InChI=1S/C14H17NO6/c1-4-19-13(17)15(21-14(18)20-5-2)12(16)11-8-6-10(3)7-9-11/h6-9H,4-5H2,1-3H3. The summed E-state index contributed by atoms with van der Waals surface area (Å²) in [7, 11) is 0. The molecule has 0 bridgehead atoms. The molecule has 1 rings (SSSR count). The van der Waals surface area contributed by atoms with E-state index < -0.39 is 18.2 Å². The molecule has 21 heavy (non-hydrogen) atoms. The number of hydroxylamine groups is 2. The Kier molecular flexibility index (Phi) is 6.19. The first-order valence-electron chi connectivity index (χ1n) is 6.42. The van der Waals surface area contributed by atoms with Gasteiger partial charge in [-0.25, -0.2) is 9.59 Å². The van der Waals surface area contributed by atoms with E-state index >= 15 is 0 Å². The number of rotatable bonds is 3. The molecular formula is C14H17NO6. The van der Waals surface area contributed by atoms with Crippen LogP contribution in [0.1, 0.15) is 29.8 Å². The largest absolute Gasteiger partial charge is 0.534 e. The van der Waals surface area contributed by atoms with Gasteiger partial charge in [0.25, 0.3) is 5.91 Å². The summed E-state index contributed by atoms with van der Waals surface area (Å²) >= 11 is 0. The number of imide groups is 1. The van der Waals surface area contributed by atoms with Crippen molar-refractivity contribution in [3.05, 3.63) is 35.4 Å². The first-order valence-corrected chi connectivity index (χ1v) is 6.42. The monoisotopic (exact) mass is 295 g/mol. The number of carbonyl (C=O) groups is 3. The van der Waals surface area contributed by atoms with E-state index in [4.69, 9.17) is 0 Å². The van der Waals surface area contributed by atoms with Crippen molar-refractivity contribution in [1.29, 1.82) is 0 Å². The summed E-state index contributed by atoms with van der Waals surface area (Å²) in [4.78, 5) is 39.8. The second-order valence-corrected chi connectivity index (χ2v) is 3.94. The van der Waals surface area contributed by atoms with Crippen molar-refractivity contribution in [1.82, 2.24) is 5.06 Å². The highest BCUT2D eigenvalue weighted by Crippen LogP contribution is 2.10. The summed E-state index contributed by atoms with van der Waals surface area (Å²) < 4.78 is 9.23. The first-order chi connectivity index (χ1) is 9.99. The average molecular weight is 295 g/mol. The van der Waals surface area contributed by atoms with Gasteiger partial charge in [-0.2, -0.15) is 0 Å². The topological polar surface area (TPSA) is 82.1 Å². The second-order valence-electron chi connectivity index (χ2n) is 3.94. The summed E-state index contributed by atoms with van der Waals surface area (Å²) in [5.41, 5.74) is 1.12. The maximum absolute atomic E-state index is 12.2. The lowest BCUT2D eigenvalue weighted by Gasteiger charge is -2.17. The van der Waals surface area contributed by atoms with Crippen LogP contribution < -0.4 is 0 Å². The number of amides is 2. The summed E-state index contributed by atoms with van der Waals surface area (Å²) in [6.07, 6.45) is -2.25. The van der Waals surface area contributed by atoms with Crippen molar-refractivity contribution in [2.45, 2.75) is 20.8 Å². The molecule has 0 atom stereocenters. The molecule has 2 amide bonds. The Bertz CT molecular complexity index is 511. The Balaban J connectivity index is 2.93. The Morgan fingerprint density at radius 3 is 2.10 bits per heavy atom. The predicted molar refractivity (Wildman–Crippen MR) is 72.5 cm³/mol. The highest BCUT2D eigenvalue weighted by molar-refractivity contribution is 6.02. The maximum Gasteiger partial charge on any atom is 0.534 e. The van der Waals surface area contributed by atoms with E-state index in [1.165, 1.54) is 12.1 Å². The van der Waals surface area contributed by atoms with Crippen LogP contribution >= 0.6 is 0 Å². The normalized spacial score (nSPS) is 9.67. The van der Waals surface area contributed by atoms with Gasteiger partial charge in [-0.15, -0.1) is 0 Å². The molecule has 0 aliphatic carbocycles. The van der Waals surface area contributed by atoms with Crippen molar-refractivity contribution >= 4 is 18.2 Å². The third-order valence-corrected chi connectivity index (χ3v) is 2.34. The Hall–Kier alpha value is -2.57. The first kappa shape index (κ1) is 16.5. The van der Waals surface area contributed by atoms with Crippen LogP contribution in [0.4, 0.5) is 9.59 Å². The Morgan fingerprint density at radius 2 is 1.57 bits per heavy atom. The quantitative estimate of drug-likeness (QED) is 0.630. The van der Waals surface area contributed by atoms with E-state index in [-0.39, 0.29) is 23.8 Å². The Morgan fingerprint density at radius 1 is 1.00 bits per heavy atom. The van der Waals surface area contributed by atoms with Crippen LogP contribution in [0.5, 0.6) is 0 Å². The predicted octanol–water partition coefficient (Wildman–Crippen LogP) is 2.68. The molecule has 0 unspecified atom stereocenters. The number of ether oxygens (including phenoxy) is 2. The molecule has 0 spiro atoms. The van der Waals surface area contributed by atoms with Crippen LogP contribution in [-0.4, -0.2) is 36.4 Å². The molecular weight excluding hydrogens is 278 g/mol. The van der Waals surface area contributed by atoms with Crippen LogP contribution in [0.15, 0.2) is 24.3 Å². The smallest absolute Gasteiger partial charge is 0.447 e. The van der Waals surface area contributed by atoms with Crippen molar-refractivity contribution in [3.63, 3.8) is 0 Å². The lowest BCUT2D eigenvalue weighted by atomic mass is 10.1. The zero-order chi connectivity index (χ0) is 15.8. The SMILES string of the molecule is CCOC(=O)ON(C(=O)OCC)C(=O)c1ccc(C)cc1. The minimum absolute atomic E-state index is 0.0305. The van der Waals surface area contributed by atoms with E-state index in [9.17, 15) is 14.4 Å². The fourth-order valence-corrected chi connectivity index (χ4v) is 1.38. The highest BCUT2D eigenvalue weighted by Gasteiger charge is 2.29. The van der Waals surface area contributed by atoms with Crippen LogP contribution in [0.2, 0.25) is 0 Å². The molecule has 0 radical (unpaired) electrons. The average Bonchev–Trinajstić information content (AvgIpc) is 2.45. The lowest BCUT2D eigenvalue weighted by molar-refractivity contribution is -0.0856. The third kappa shape index (κ3) is 4.79. The third-order valence-electron chi connectivity index (χ3n) is 2.34. The number of benzene rings is 1. The number of aryl methyl sites for hydroxylation is 1. The second kappa shape index (κ2) is 7.88. The summed E-state index contributed by atoms with van der Waals surface area (Å²) in [5, 5.41) is 0.242. The highest BCUT2D eigenvalue weighted by atomic mass is 16.8. The zero-order valence-corrected chi connectivity index (χ0v) is 12.1. The number of nitrogens with zero attached hydrogens (tertiary/aromatic N) is 1. The molecule has 1 aromatic carbocycles. The maximum atomic E-state index is 12.2. The van der Waals surface area contributed by atoms with Gasteiger partial charge in [0.05, 0.1) is 13.2 Å². The van der Waals surface area contributed by atoms with Gasteiger partial charge >= 0.3 is 12.2 Å². The number of hydrogen-bond acceptors (Lipinski definition) is 6. The van der Waals surface area contributed by atoms with Crippen LogP contribution in [-0.2, 0) is 14.3 Å². The minimum atomic E-state index is -1.16. The molecule has 7 heteroatoms. The molecule has 0 saturated carbocycles. The van der Waals surface area contributed by atoms with Gasteiger partial charge < -0.3 is 9.47 Å². The van der Waals surface area contributed by atoms with Gasteiger partial charge in [-0.1, -0.05) is 22.8 Å². The minimum Gasteiger partial charge on any atom is -0.447 e. The molecule has 0 aromatic heterocycles. The summed E-state index contributed by atoms with van der Waals surface area (Å²) in [6, 6.07) is 6.42.